The molecule has 2 N–H and O–H groups in total. The Hall–Kier alpha value is -4.79. The van der Waals surface area contributed by atoms with Crippen LogP contribution in [0.25, 0.3) is 21.2 Å². The summed E-state index contributed by atoms with van der Waals surface area (Å²) in [5, 5.41) is 26.4. The predicted octanol–water partition coefficient (Wildman–Crippen LogP) is 4.77. The molecule has 2 atom stereocenters. The van der Waals surface area contributed by atoms with Gasteiger partial charge < -0.3 is 20.3 Å². The molecule has 2 aromatic carbocycles. The number of fused-ring (bicyclic) bond motifs is 3. The zero-order valence-corrected chi connectivity index (χ0v) is 24.0. The summed E-state index contributed by atoms with van der Waals surface area (Å²) >= 11 is 7.61. The normalized spacial score (nSPS) is 18.1. The fourth-order valence-corrected chi connectivity index (χ4v) is 7.03. The fourth-order valence-electron chi connectivity index (χ4n) is 5.73. The lowest BCUT2D eigenvalue weighted by atomic mass is 9.92. The molecule has 4 heterocycles. The van der Waals surface area contributed by atoms with Gasteiger partial charge >= 0.3 is 6.03 Å². The standard InChI is InChI=1S/C28H21ClF2N8O3S/c1-37(28(41)39-35-12-13(10-32)36-39)14-4-6-38-15(8-14)5-7-42-24-17(27(38)40)9-20(31)22(23(24)29)16-2-3-19(30)25-21(16)18(11-33)26(34)43-25/h2-3,9,12,14-15H,4-8,34H2,1H3. The first-order valence-corrected chi connectivity index (χ1v) is 14.3. The smallest absolute Gasteiger partial charge is 0.362 e. The SMILES string of the molecule is CN(C(=O)n1ncc(C#N)n1)C1CCN2C(=O)c3cc(F)c(-c4ccc(F)c5sc(N)c(C#N)c45)c(Cl)c3OCCC2C1. The van der Waals surface area contributed by atoms with Crippen LogP contribution in [-0.4, -0.2) is 69.0 Å². The van der Waals surface area contributed by atoms with Gasteiger partial charge in [0.25, 0.3) is 5.91 Å². The molecule has 43 heavy (non-hydrogen) atoms. The molecule has 2 aliphatic heterocycles. The Morgan fingerprint density at radius 1 is 1.23 bits per heavy atom. The third kappa shape index (κ3) is 4.59. The van der Waals surface area contributed by atoms with Crippen molar-refractivity contribution >= 4 is 50.0 Å². The number of carbonyl (C=O) groups is 2. The lowest BCUT2D eigenvalue weighted by Crippen LogP contribution is -2.54. The average Bonchev–Trinajstić information content (AvgIpc) is 3.62. The highest BCUT2D eigenvalue weighted by molar-refractivity contribution is 7.23. The van der Waals surface area contributed by atoms with E-state index in [0.717, 1.165) is 28.3 Å². The van der Waals surface area contributed by atoms with Crippen LogP contribution in [0.3, 0.4) is 0 Å². The highest BCUT2D eigenvalue weighted by Crippen LogP contribution is 2.47. The number of rotatable bonds is 2. The summed E-state index contributed by atoms with van der Waals surface area (Å²) in [4.78, 5) is 30.7. The number of hydrogen-bond acceptors (Lipinski definition) is 9. The molecular weight excluding hydrogens is 602 g/mol. The summed E-state index contributed by atoms with van der Waals surface area (Å²) in [6.07, 6.45) is 2.47. The van der Waals surface area contributed by atoms with Crippen LogP contribution in [0.15, 0.2) is 24.4 Å². The number of amides is 2. The fraction of sp³-hybridized carbons (Fsp3) is 0.286. The van der Waals surface area contributed by atoms with E-state index in [4.69, 9.17) is 27.3 Å². The summed E-state index contributed by atoms with van der Waals surface area (Å²) in [5.41, 5.74) is 5.94. The maximum absolute atomic E-state index is 15.9. The van der Waals surface area contributed by atoms with Crippen LogP contribution >= 0.6 is 22.9 Å². The number of nitrogens with two attached hydrogens (primary N) is 1. The molecule has 0 spiro atoms. The number of halogens is 3. The summed E-state index contributed by atoms with van der Waals surface area (Å²) in [6, 6.07) is 6.22. The number of nitrogen functional groups attached to an aromatic ring is 1. The quantitative estimate of drug-likeness (QED) is 0.335. The van der Waals surface area contributed by atoms with Crippen molar-refractivity contribution in [2.45, 2.75) is 31.3 Å². The number of thiophene rings is 1. The molecule has 1 saturated heterocycles. The van der Waals surface area contributed by atoms with Crippen molar-refractivity contribution in [1.82, 2.24) is 24.8 Å². The monoisotopic (exact) mass is 622 g/mol. The van der Waals surface area contributed by atoms with Gasteiger partial charge in [0.2, 0.25) is 0 Å². The second-order valence-electron chi connectivity index (χ2n) is 10.2. The number of hydrogen-bond donors (Lipinski definition) is 1. The zero-order chi connectivity index (χ0) is 30.6. The summed E-state index contributed by atoms with van der Waals surface area (Å²) in [6.45, 7) is 0.414. The van der Waals surface area contributed by atoms with Gasteiger partial charge in [0.05, 0.1) is 33.7 Å². The molecule has 0 radical (unpaired) electrons. The third-order valence-electron chi connectivity index (χ3n) is 7.88. The van der Waals surface area contributed by atoms with Crippen molar-refractivity contribution in [3.05, 3.63) is 57.9 Å². The average molecular weight is 623 g/mol. The van der Waals surface area contributed by atoms with E-state index in [9.17, 15) is 19.2 Å². The van der Waals surface area contributed by atoms with Gasteiger partial charge in [-0.15, -0.1) is 16.4 Å². The molecule has 1 fully saturated rings. The van der Waals surface area contributed by atoms with Gasteiger partial charge in [0.1, 0.15) is 28.8 Å². The molecule has 11 nitrogen and oxygen atoms in total. The third-order valence-corrected chi connectivity index (χ3v) is 9.26. The Balaban J connectivity index is 1.32. The van der Waals surface area contributed by atoms with Gasteiger partial charge in [0, 0.05) is 43.0 Å². The van der Waals surface area contributed by atoms with Gasteiger partial charge in [-0.2, -0.15) is 15.6 Å². The molecule has 6 rings (SSSR count). The predicted molar refractivity (Wildman–Crippen MR) is 153 cm³/mol. The van der Waals surface area contributed by atoms with Crippen LogP contribution in [0.5, 0.6) is 5.75 Å². The van der Waals surface area contributed by atoms with E-state index < -0.39 is 23.6 Å². The van der Waals surface area contributed by atoms with Crippen molar-refractivity contribution in [3.8, 4) is 29.0 Å². The summed E-state index contributed by atoms with van der Waals surface area (Å²) in [7, 11) is 1.61. The molecule has 4 aromatic rings. The van der Waals surface area contributed by atoms with Crippen molar-refractivity contribution in [1.29, 1.82) is 10.5 Å². The number of anilines is 1. The first kappa shape index (κ1) is 28.3. The lowest BCUT2D eigenvalue weighted by Gasteiger charge is -2.43. The van der Waals surface area contributed by atoms with Crippen LogP contribution in [0, 0.1) is 34.3 Å². The lowest BCUT2D eigenvalue weighted by molar-refractivity contribution is 0.0431. The van der Waals surface area contributed by atoms with Crippen LogP contribution in [0.4, 0.5) is 18.6 Å². The number of nitriles is 2. The second-order valence-corrected chi connectivity index (χ2v) is 11.6. The van der Waals surface area contributed by atoms with Crippen LogP contribution < -0.4 is 10.5 Å². The first-order chi connectivity index (χ1) is 20.6. The Bertz CT molecular complexity index is 1910. The molecule has 2 aromatic heterocycles. The number of carbonyl (C=O) groups excluding carboxylic acids is 2. The largest absolute Gasteiger partial charge is 0.491 e. The van der Waals surface area contributed by atoms with Crippen molar-refractivity contribution in [3.63, 3.8) is 0 Å². The summed E-state index contributed by atoms with van der Waals surface area (Å²) in [5.74, 6) is -1.94. The molecule has 0 aliphatic carbocycles. The first-order valence-electron chi connectivity index (χ1n) is 13.1. The molecule has 2 amide bonds. The van der Waals surface area contributed by atoms with Gasteiger partial charge in [0.15, 0.2) is 11.4 Å². The minimum atomic E-state index is -0.844. The molecule has 2 unspecified atom stereocenters. The minimum Gasteiger partial charge on any atom is -0.491 e. The molecule has 2 aliphatic rings. The molecule has 0 bridgehead atoms. The van der Waals surface area contributed by atoms with Crippen LogP contribution in [0.2, 0.25) is 5.02 Å². The van der Waals surface area contributed by atoms with Crippen LogP contribution in [-0.2, 0) is 0 Å². The number of benzene rings is 2. The maximum Gasteiger partial charge on any atom is 0.362 e. The van der Waals surface area contributed by atoms with Crippen molar-refractivity contribution in [2.24, 2.45) is 0 Å². The van der Waals surface area contributed by atoms with E-state index in [-0.39, 0.29) is 79.0 Å². The maximum atomic E-state index is 15.9. The molecule has 218 valence electrons. The van der Waals surface area contributed by atoms with Gasteiger partial charge in [-0.1, -0.05) is 22.5 Å². The second kappa shape index (κ2) is 10.8. The number of ether oxygens (including phenoxy) is 1. The van der Waals surface area contributed by atoms with E-state index in [1.807, 2.05) is 12.1 Å². The van der Waals surface area contributed by atoms with E-state index in [1.165, 1.54) is 17.2 Å². The van der Waals surface area contributed by atoms with E-state index in [0.29, 0.717) is 19.3 Å². The van der Waals surface area contributed by atoms with Gasteiger partial charge in [-0.25, -0.2) is 13.6 Å². The van der Waals surface area contributed by atoms with Crippen molar-refractivity contribution in [2.75, 3.05) is 25.9 Å². The molecular formula is C28H21ClF2N8O3S. The topological polar surface area (TPSA) is 154 Å². The van der Waals surface area contributed by atoms with E-state index >= 15 is 4.39 Å². The van der Waals surface area contributed by atoms with Crippen molar-refractivity contribution < 1.29 is 23.1 Å². The van der Waals surface area contributed by atoms with Gasteiger partial charge in [-0.05, 0) is 30.5 Å². The number of piperidine rings is 1. The Morgan fingerprint density at radius 3 is 2.74 bits per heavy atom. The van der Waals surface area contributed by atoms with Gasteiger partial charge in [-0.3, -0.25) is 4.79 Å². The Kier molecular flexibility index (Phi) is 7.12. The summed E-state index contributed by atoms with van der Waals surface area (Å²) < 4.78 is 36.6. The molecule has 15 heteroatoms. The van der Waals surface area contributed by atoms with E-state index in [1.54, 1.807) is 11.9 Å². The number of nitrogens with zero attached hydrogens (tertiary/aromatic N) is 7. The minimum absolute atomic E-state index is 0.00632. The van der Waals surface area contributed by atoms with Crippen LogP contribution in [0.1, 0.15) is 40.9 Å². The molecule has 0 saturated carbocycles. The van der Waals surface area contributed by atoms with E-state index in [2.05, 4.69) is 10.2 Å². The Labute approximate surface area is 252 Å². The highest BCUT2D eigenvalue weighted by atomic mass is 35.5. The zero-order valence-electron chi connectivity index (χ0n) is 22.5. The number of aromatic nitrogens is 3. The Morgan fingerprint density at radius 2 is 2.02 bits per heavy atom. The highest BCUT2D eigenvalue weighted by Gasteiger charge is 2.39.